The van der Waals surface area contributed by atoms with Gasteiger partial charge in [-0.3, -0.25) is 4.79 Å². The number of hydrogen-bond donors (Lipinski definition) is 0. The van der Waals surface area contributed by atoms with E-state index in [4.69, 9.17) is 0 Å². The Kier molecular flexibility index (Phi) is 4.06. The van der Waals surface area contributed by atoms with Crippen molar-refractivity contribution < 1.29 is 4.79 Å². The largest absolute Gasteiger partial charge is 0.273 e. The van der Waals surface area contributed by atoms with Gasteiger partial charge in [-0.2, -0.15) is 5.10 Å². The summed E-state index contributed by atoms with van der Waals surface area (Å²) in [5, 5.41) is 8.74. The predicted molar refractivity (Wildman–Crippen MR) is 101 cm³/mol. The summed E-state index contributed by atoms with van der Waals surface area (Å²) >= 11 is 0. The first-order chi connectivity index (χ1) is 12.3. The van der Waals surface area contributed by atoms with Gasteiger partial charge in [-0.05, 0) is 28.0 Å². The van der Waals surface area contributed by atoms with Gasteiger partial charge in [0.1, 0.15) is 0 Å². The normalized spacial score (nSPS) is 16.9. The van der Waals surface area contributed by atoms with Crippen molar-refractivity contribution in [3.05, 3.63) is 83.9 Å². The number of fused-ring (bicyclic) bond motifs is 1. The van der Waals surface area contributed by atoms with Crippen LogP contribution in [0.25, 0.3) is 10.8 Å². The van der Waals surface area contributed by atoms with Crippen molar-refractivity contribution in [1.29, 1.82) is 0 Å². The maximum absolute atomic E-state index is 12.5. The molecular weight excluding hydrogens is 308 g/mol. The maximum atomic E-state index is 12.5. The molecular formula is C22H20N2O. The summed E-state index contributed by atoms with van der Waals surface area (Å²) in [5.74, 6) is 0.0593. The second kappa shape index (κ2) is 6.52. The van der Waals surface area contributed by atoms with Crippen LogP contribution in [0.15, 0.2) is 77.9 Å². The van der Waals surface area contributed by atoms with Gasteiger partial charge < -0.3 is 0 Å². The molecule has 0 radical (unpaired) electrons. The molecule has 1 amide bonds. The highest BCUT2D eigenvalue weighted by molar-refractivity contribution is 6.03. The fourth-order valence-electron chi connectivity index (χ4n) is 3.38. The molecule has 124 valence electrons. The first-order valence-corrected chi connectivity index (χ1v) is 8.70. The minimum Gasteiger partial charge on any atom is -0.273 e. The monoisotopic (exact) mass is 328 g/mol. The van der Waals surface area contributed by atoms with E-state index in [0.717, 1.165) is 23.3 Å². The molecule has 0 unspecified atom stereocenters. The Hall–Kier alpha value is -2.94. The van der Waals surface area contributed by atoms with Gasteiger partial charge in [0.25, 0.3) is 0 Å². The topological polar surface area (TPSA) is 32.7 Å². The minimum atomic E-state index is -0.0349. The van der Waals surface area contributed by atoms with Crippen LogP contribution in [0.4, 0.5) is 0 Å². The lowest BCUT2D eigenvalue weighted by atomic mass is 9.96. The van der Waals surface area contributed by atoms with E-state index in [2.05, 4.69) is 47.6 Å². The second-order valence-electron chi connectivity index (χ2n) is 6.33. The number of amides is 1. The minimum absolute atomic E-state index is 0.0349. The van der Waals surface area contributed by atoms with Gasteiger partial charge in [0, 0.05) is 12.8 Å². The molecule has 1 heterocycles. The third kappa shape index (κ3) is 2.93. The molecule has 3 nitrogen and oxygen atoms in total. The summed E-state index contributed by atoms with van der Waals surface area (Å²) in [6, 6.07) is 24.8. The molecule has 25 heavy (non-hydrogen) atoms. The van der Waals surface area contributed by atoms with E-state index < -0.39 is 0 Å². The number of nitrogens with zero attached hydrogens (tertiary/aromatic N) is 2. The van der Waals surface area contributed by atoms with Gasteiger partial charge in [0.15, 0.2) is 0 Å². The number of carbonyl (C=O) groups is 1. The van der Waals surface area contributed by atoms with Crippen LogP contribution in [0.2, 0.25) is 0 Å². The average molecular weight is 328 g/mol. The van der Waals surface area contributed by atoms with Crippen LogP contribution in [0.3, 0.4) is 0 Å². The van der Waals surface area contributed by atoms with E-state index >= 15 is 0 Å². The van der Waals surface area contributed by atoms with Crippen LogP contribution in [-0.2, 0) is 4.79 Å². The van der Waals surface area contributed by atoms with Crippen molar-refractivity contribution in [2.45, 2.75) is 25.8 Å². The molecule has 3 aromatic carbocycles. The Morgan fingerprint density at radius 1 is 1.00 bits per heavy atom. The smallest absolute Gasteiger partial charge is 0.242 e. The van der Waals surface area contributed by atoms with Gasteiger partial charge in [0.05, 0.1) is 11.8 Å². The highest BCUT2D eigenvalue weighted by Gasteiger charge is 2.32. The SMILES string of the molecule is CCC(=O)N1N=C(c2ccccc2)C[C@H]1c1ccc2ccccc2c1. The molecule has 4 rings (SSSR count). The lowest BCUT2D eigenvalue weighted by Gasteiger charge is -2.22. The van der Waals surface area contributed by atoms with Crippen LogP contribution in [0.5, 0.6) is 0 Å². The highest BCUT2D eigenvalue weighted by Crippen LogP contribution is 2.34. The van der Waals surface area contributed by atoms with Crippen LogP contribution in [-0.4, -0.2) is 16.6 Å². The zero-order chi connectivity index (χ0) is 17.2. The summed E-state index contributed by atoms with van der Waals surface area (Å²) in [6.45, 7) is 1.88. The van der Waals surface area contributed by atoms with E-state index in [1.54, 1.807) is 5.01 Å². The lowest BCUT2D eigenvalue weighted by molar-refractivity contribution is -0.132. The third-order valence-electron chi connectivity index (χ3n) is 4.73. The van der Waals surface area contributed by atoms with Crippen molar-refractivity contribution >= 4 is 22.4 Å². The molecule has 0 bridgehead atoms. The van der Waals surface area contributed by atoms with Crippen molar-refractivity contribution in [3.8, 4) is 0 Å². The summed E-state index contributed by atoms with van der Waals surface area (Å²) in [4.78, 5) is 12.5. The second-order valence-corrected chi connectivity index (χ2v) is 6.33. The van der Waals surface area contributed by atoms with Crippen molar-refractivity contribution in [1.82, 2.24) is 5.01 Å². The number of hydrogen-bond acceptors (Lipinski definition) is 2. The Morgan fingerprint density at radius 3 is 2.48 bits per heavy atom. The quantitative estimate of drug-likeness (QED) is 0.671. The van der Waals surface area contributed by atoms with Gasteiger partial charge in [-0.1, -0.05) is 73.7 Å². The molecule has 0 fully saturated rings. The molecule has 3 heteroatoms. The van der Waals surface area contributed by atoms with E-state index in [-0.39, 0.29) is 11.9 Å². The Morgan fingerprint density at radius 2 is 1.72 bits per heavy atom. The summed E-state index contributed by atoms with van der Waals surface area (Å²) in [7, 11) is 0. The average Bonchev–Trinajstić information content (AvgIpc) is 3.13. The first-order valence-electron chi connectivity index (χ1n) is 8.70. The van der Waals surface area contributed by atoms with Crippen LogP contribution in [0.1, 0.15) is 36.9 Å². The number of carbonyl (C=O) groups excluding carboxylic acids is 1. The molecule has 1 aliphatic heterocycles. The zero-order valence-electron chi connectivity index (χ0n) is 14.2. The van der Waals surface area contributed by atoms with Crippen LogP contribution >= 0.6 is 0 Å². The molecule has 0 saturated carbocycles. The van der Waals surface area contributed by atoms with Crippen molar-refractivity contribution in [3.63, 3.8) is 0 Å². The first kappa shape index (κ1) is 15.6. The molecule has 0 spiro atoms. The van der Waals surface area contributed by atoms with E-state index in [0.29, 0.717) is 6.42 Å². The number of rotatable bonds is 3. The van der Waals surface area contributed by atoms with E-state index in [9.17, 15) is 4.79 Å². The number of benzene rings is 3. The molecule has 3 aromatic rings. The van der Waals surface area contributed by atoms with E-state index in [1.165, 1.54) is 10.8 Å². The summed E-state index contributed by atoms with van der Waals surface area (Å²) in [6.07, 6.45) is 1.20. The predicted octanol–water partition coefficient (Wildman–Crippen LogP) is 4.93. The molecule has 1 atom stereocenters. The van der Waals surface area contributed by atoms with Gasteiger partial charge in [-0.25, -0.2) is 5.01 Å². The Labute approximate surface area is 147 Å². The van der Waals surface area contributed by atoms with Gasteiger partial charge in [-0.15, -0.1) is 0 Å². The highest BCUT2D eigenvalue weighted by atomic mass is 16.2. The lowest BCUT2D eigenvalue weighted by Crippen LogP contribution is -2.26. The Bertz CT molecular complexity index is 946. The van der Waals surface area contributed by atoms with E-state index in [1.807, 2.05) is 37.3 Å². The fourth-order valence-corrected chi connectivity index (χ4v) is 3.38. The van der Waals surface area contributed by atoms with Crippen LogP contribution < -0.4 is 0 Å². The fraction of sp³-hybridized carbons (Fsp3) is 0.182. The van der Waals surface area contributed by atoms with Crippen molar-refractivity contribution in [2.75, 3.05) is 0 Å². The number of hydrazone groups is 1. The van der Waals surface area contributed by atoms with Crippen molar-refractivity contribution in [2.24, 2.45) is 5.10 Å². The summed E-state index contributed by atoms with van der Waals surface area (Å²) in [5.41, 5.74) is 3.19. The molecule has 0 N–H and O–H groups in total. The molecule has 0 aromatic heterocycles. The molecule has 1 aliphatic rings. The molecule has 0 aliphatic carbocycles. The third-order valence-corrected chi connectivity index (χ3v) is 4.73. The zero-order valence-corrected chi connectivity index (χ0v) is 14.2. The van der Waals surface area contributed by atoms with Gasteiger partial charge in [0.2, 0.25) is 5.91 Å². The standard InChI is InChI=1S/C22H20N2O/c1-2-22(25)24-21(15-20(23-24)17-9-4-3-5-10-17)19-13-12-16-8-6-7-11-18(16)14-19/h3-14,21H,2,15H2,1H3/t21-/m0/s1. The van der Waals surface area contributed by atoms with Crippen LogP contribution in [0, 0.1) is 0 Å². The maximum Gasteiger partial charge on any atom is 0.242 e. The Balaban J connectivity index is 1.73. The molecule has 0 saturated heterocycles. The summed E-state index contributed by atoms with van der Waals surface area (Å²) < 4.78 is 0. The van der Waals surface area contributed by atoms with Gasteiger partial charge >= 0.3 is 0 Å².